The molecule has 0 N–H and O–H groups in total. The van der Waals surface area contributed by atoms with Gasteiger partial charge >= 0.3 is 0 Å². The van der Waals surface area contributed by atoms with Gasteiger partial charge in [0.05, 0.1) is 33.3 Å². The first kappa shape index (κ1) is 20.8. The lowest BCUT2D eigenvalue weighted by atomic mass is 10.2. The number of hydrogen-bond acceptors (Lipinski definition) is 7. The fourth-order valence-electron chi connectivity index (χ4n) is 3.22. The highest BCUT2D eigenvalue weighted by Crippen LogP contribution is 2.25. The molecule has 0 aliphatic carbocycles. The van der Waals surface area contributed by atoms with Gasteiger partial charge in [-0.05, 0) is 36.4 Å². The van der Waals surface area contributed by atoms with Crippen molar-refractivity contribution in [1.82, 2.24) is 15.0 Å². The summed E-state index contributed by atoms with van der Waals surface area (Å²) in [6.45, 7) is 1.30. The SMILES string of the molecule is COc1ccc(-c2noc([C@H]3CN(C(=O)CCOc4cccc(F)c4)CCO3)n2)cc1. The van der Waals surface area contributed by atoms with Gasteiger partial charge in [-0.2, -0.15) is 4.98 Å². The molecule has 0 unspecified atom stereocenters. The lowest BCUT2D eigenvalue weighted by Crippen LogP contribution is -2.42. The number of halogens is 1. The van der Waals surface area contributed by atoms with E-state index in [1.54, 1.807) is 24.1 Å². The Morgan fingerprint density at radius 2 is 2.06 bits per heavy atom. The molecule has 0 spiro atoms. The Hall–Kier alpha value is -3.46. The zero-order valence-corrected chi connectivity index (χ0v) is 17.0. The van der Waals surface area contributed by atoms with Crippen LogP contribution in [0.1, 0.15) is 18.4 Å². The standard InChI is InChI=1S/C22H22FN3O5/c1-28-17-7-5-15(6-8-17)21-24-22(31-25-21)19-14-26(10-12-30-19)20(27)9-11-29-18-4-2-3-16(23)13-18/h2-8,13,19H,9-12,14H2,1H3/t19-/m1/s1. The van der Waals surface area contributed by atoms with E-state index in [4.69, 9.17) is 18.7 Å². The van der Waals surface area contributed by atoms with E-state index in [1.165, 1.54) is 12.1 Å². The summed E-state index contributed by atoms with van der Waals surface area (Å²) in [6, 6.07) is 13.1. The first-order valence-corrected chi connectivity index (χ1v) is 9.88. The molecule has 3 aromatic rings. The van der Waals surface area contributed by atoms with Gasteiger partial charge in [0.1, 0.15) is 17.3 Å². The van der Waals surface area contributed by atoms with Crippen LogP contribution in [0.2, 0.25) is 0 Å². The highest BCUT2D eigenvalue weighted by molar-refractivity contribution is 5.76. The number of amides is 1. The van der Waals surface area contributed by atoms with Crippen LogP contribution in [0.3, 0.4) is 0 Å². The molecule has 0 radical (unpaired) electrons. The fourth-order valence-corrected chi connectivity index (χ4v) is 3.22. The molecule has 0 saturated carbocycles. The second-order valence-corrected chi connectivity index (χ2v) is 6.94. The zero-order chi connectivity index (χ0) is 21.6. The number of carbonyl (C=O) groups is 1. The van der Waals surface area contributed by atoms with Gasteiger partial charge in [0, 0.05) is 18.2 Å². The third-order valence-electron chi connectivity index (χ3n) is 4.87. The molecule has 1 aliphatic heterocycles. The zero-order valence-electron chi connectivity index (χ0n) is 17.0. The van der Waals surface area contributed by atoms with Crippen LogP contribution >= 0.6 is 0 Å². The van der Waals surface area contributed by atoms with Gasteiger partial charge in [-0.3, -0.25) is 4.79 Å². The summed E-state index contributed by atoms with van der Waals surface area (Å²) in [5.41, 5.74) is 0.786. The molecule has 2 aromatic carbocycles. The minimum Gasteiger partial charge on any atom is -0.497 e. The van der Waals surface area contributed by atoms with Crippen LogP contribution in [-0.2, 0) is 9.53 Å². The van der Waals surface area contributed by atoms with Crippen molar-refractivity contribution in [2.75, 3.05) is 33.4 Å². The molecule has 2 heterocycles. The molecule has 31 heavy (non-hydrogen) atoms. The van der Waals surface area contributed by atoms with E-state index in [-0.39, 0.29) is 24.8 Å². The average Bonchev–Trinajstić information content (AvgIpc) is 3.30. The van der Waals surface area contributed by atoms with E-state index in [2.05, 4.69) is 10.1 Å². The van der Waals surface area contributed by atoms with Crippen molar-refractivity contribution in [3.05, 3.63) is 60.2 Å². The third-order valence-corrected chi connectivity index (χ3v) is 4.87. The molecule has 9 heteroatoms. The van der Waals surface area contributed by atoms with Crippen LogP contribution in [0, 0.1) is 5.82 Å². The summed E-state index contributed by atoms with van der Waals surface area (Å²) in [6.07, 6.45) is -0.328. The topological polar surface area (TPSA) is 86.9 Å². The third kappa shape index (κ3) is 5.18. The Balaban J connectivity index is 1.32. The first-order chi connectivity index (χ1) is 15.1. The van der Waals surface area contributed by atoms with Crippen molar-refractivity contribution in [3.63, 3.8) is 0 Å². The van der Waals surface area contributed by atoms with Crippen LogP contribution in [0.15, 0.2) is 53.1 Å². The van der Waals surface area contributed by atoms with E-state index in [0.717, 1.165) is 11.3 Å². The van der Waals surface area contributed by atoms with E-state index in [9.17, 15) is 9.18 Å². The van der Waals surface area contributed by atoms with Crippen molar-refractivity contribution in [3.8, 4) is 22.9 Å². The highest BCUT2D eigenvalue weighted by atomic mass is 19.1. The van der Waals surface area contributed by atoms with E-state index >= 15 is 0 Å². The Bertz CT molecular complexity index is 1020. The number of methoxy groups -OCH3 is 1. The summed E-state index contributed by atoms with van der Waals surface area (Å²) in [7, 11) is 1.60. The fraction of sp³-hybridized carbons (Fsp3) is 0.318. The lowest BCUT2D eigenvalue weighted by Gasteiger charge is -2.31. The molecule has 1 fully saturated rings. The molecule has 1 aliphatic rings. The number of nitrogens with zero attached hydrogens (tertiary/aromatic N) is 3. The maximum Gasteiger partial charge on any atom is 0.257 e. The molecule has 1 saturated heterocycles. The predicted molar refractivity (Wildman–Crippen MR) is 108 cm³/mol. The molecule has 1 aromatic heterocycles. The van der Waals surface area contributed by atoms with Gasteiger partial charge in [-0.1, -0.05) is 11.2 Å². The summed E-state index contributed by atoms with van der Waals surface area (Å²) in [5.74, 6) is 1.42. The van der Waals surface area contributed by atoms with Crippen LogP contribution in [-0.4, -0.2) is 54.4 Å². The monoisotopic (exact) mass is 427 g/mol. The number of benzene rings is 2. The number of carbonyl (C=O) groups excluding carboxylic acids is 1. The quantitative estimate of drug-likeness (QED) is 0.572. The van der Waals surface area contributed by atoms with Crippen molar-refractivity contribution >= 4 is 5.91 Å². The van der Waals surface area contributed by atoms with Gasteiger partial charge in [0.25, 0.3) is 5.89 Å². The smallest absolute Gasteiger partial charge is 0.257 e. The lowest BCUT2D eigenvalue weighted by molar-refractivity contribution is -0.140. The maximum absolute atomic E-state index is 13.2. The molecule has 1 atom stereocenters. The second-order valence-electron chi connectivity index (χ2n) is 6.94. The Morgan fingerprint density at radius 3 is 2.84 bits per heavy atom. The Kier molecular flexibility index (Phi) is 6.42. The van der Waals surface area contributed by atoms with Gasteiger partial charge in [0.2, 0.25) is 11.7 Å². The molecule has 0 bridgehead atoms. The van der Waals surface area contributed by atoms with Crippen LogP contribution in [0.5, 0.6) is 11.5 Å². The molecular formula is C22H22FN3O5. The number of morpholine rings is 1. The van der Waals surface area contributed by atoms with Crippen molar-refractivity contribution < 1.29 is 27.9 Å². The number of ether oxygens (including phenoxy) is 3. The van der Waals surface area contributed by atoms with Gasteiger partial charge < -0.3 is 23.6 Å². The predicted octanol–water partition coefficient (Wildman–Crippen LogP) is 3.25. The minimum atomic E-state index is -0.499. The van der Waals surface area contributed by atoms with Gasteiger partial charge in [-0.15, -0.1) is 0 Å². The van der Waals surface area contributed by atoms with Crippen molar-refractivity contribution in [1.29, 1.82) is 0 Å². The van der Waals surface area contributed by atoms with Crippen molar-refractivity contribution in [2.24, 2.45) is 0 Å². The molecule has 1 amide bonds. The molecular weight excluding hydrogens is 405 g/mol. The summed E-state index contributed by atoms with van der Waals surface area (Å²) in [4.78, 5) is 18.7. The Morgan fingerprint density at radius 1 is 1.23 bits per heavy atom. The highest BCUT2D eigenvalue weighted by Gasteiger charge is 2.29. The van der Waals surface area contributed by atoms with Crippen LogP contribution in [0.25, 0.3) is 11.4 Å². The van der Waals surface area contributed by atoms with Gasteiger partial charge in [0.15, 0.2) is 6.10 Å². The molecule has 4 rings (SSSR count). The Labute approximate surface area is 178 Å². The number of hydrogen-bond donors (Lipinski definition) is 0. The number of aromatic nitrogens is 2. The van der Waals surface area contributed by atoms with Gasteiger partial charge in [-0.25, -0.2) is 4.39 Å². The van der Waals surface area contributed by atoms with Crippen molar-refractivity contribution in [2.45, 2.75) is 12.5 Å². The summed E-state index contributed by atoms with van der Waals surface area (Å²) >= 11 is 0. The first-order valence-electron chi connectivity index (χ1n) is 9.88. The van der Waals surface area contributed by atoms with E-state index in [1.807, 2.05) is 24.3 Å². The molecule has 162 valence electrons. The second kappa shape index (κ2) is 9.57. The van der Waals surface area contributed by atoms with Crippen LogP contribution in [0.4, 0.5) is 4.39 Å². The van der Waals surface area contributed by atoms with Crippen LogP contribution < -0.4 is 9.47 Å². The minimum absolute atomic E-state index is 0.0837. The van der Waals surface area contributed by atoms with E-state index in [0.29, 0.717) is 37.2 Å². The molecule has 8 nitrogen and oxygen atoms in total. The number of rotatable bonds is 7. The average molecular weight is 427 g/mol. The summed E-state index contributed by atoms with van der Waals surface area (Å²) < 4.78 is 34.9. The largest absolute Gasteiger partial charge is 0.497 e. The maximum atomic E-state index is 13.2. The summed E-state index contributed by atoms with van der Waals surface area (Å²) in [5, 5.41) is 4.02. The van der Waals surface area contributed by atoms with E-state index < -0.39 is 6.10 Å². The normalized spacial score (nSPS) is 16.2.